The zero-order chi connectivity index (χ0) is 19.3. The highest BCUT2D eigenvalue weighted by Gasteiger charge is 2.42. The van der Waals surface area contributed by atoms with Crippen LogP contribution in [-0.2, 0) is 21.5 Å². The Morgan fingerprint density at radius 3 is 2.59 bits per heavy atom. The first kappa shape index (κ1) is 17.4. The van der Waals surface area contributed by atoms with E-state index in [9.17, 15) is 10.1 Å². The quantitative estimate of drug-likeness (QED) is 0.820. The Labute approximate surface area is 159 Å². The molecule has 1 aromatic carbocycles. The molecule has 0 unspecified atom stereocenters. The molecule has 2 aromatic rings. The Bertz CT molecular complexity index is 998. The number of aromatic nitrogens is 1. The third-order valence-corrected chi connectivity index (χ3v) is 5.35. The number of cyclic esters (lactones) is 1. The Hall–Kier alpha value is -3.00. The standard InChI is InChI=1S/C22H23N3O2/c1-5-13-6-8-14(9-7-13)17-18-15(10-23)11-25(22(2,3)4)20(18)24-16-12-27-21(26)19(16)17/h6-9,11,17,24H,5,12H2,1-4H3/t17-/m0/s1. The molecule has 0 spiro atoms. The minimum atomic E-state index is -0.305. The number of carbonyl (C=O) groups excluding carboxylic acids is 1. The minimum absolute atomic E-state index is 0.204. The monoisotopic (exact) mass is 361 g/mol. The van der Waals surface area contributed by atoms with Crippen molar-refractivity contribution < 1.29 is 9.53 Å². The molecular weight excluding hydrogens is 338 g/mol. The molecule has 27 heavy (non-hydrogen) atoms. The number of fused-ring (bicyclic) bond motifs is 1. The zero-order valence-corrected chi connectivity index (χ0v) is 16.1. The normalized spacial score (nSPS) is 18.5. The Morgan fingerprint density at radius 1 is 1.30 bits per heavy atom. The lowest BCUT2D eigenvalue weighted by Crippen LogP contribution is -2.26. The molecular formula is C22H23N3O2. The predicted molar refractivity (Wildman–Crippen MR) is 103 cm³/mol. The molecule has 138 valence electrons. The van der Waals surface area contributed by atoms with Crippen LogP contribution in [-0.4, -0.2) is 17.1 Å². The van der Waals surface area contributed by atoms with Crippen LogP contribution in [0.4, 0.5) is 5.82 Å². The van der Waals surface area contributed by atoms with Crippen LogP contribution in [0.2, 0.25) is 0 Å². The lowest BCUT2D eigenvalue weighted by molar-refractivity contribution is -0.136. The third-order valence-electron chi connectivity index (χ3n) is 5.35. The van der Waals surface area contributed by atoms with Crippen molar-refractivity contribution >= 4 is 11.8 Å². The van der Waals surface area contributed by atoms with Gasteiger partial charge in [0.15, 0.2) is 0 Å². The van der Waals surface area contributed by atoms with Crippen LogP contribution in [0.25, 0.3) is 0 Å². The number of benzene rings is 1. The molecule has 0 radical (unpaired) electrons. The number of nitrogens with one attached hydrogen (secondary N) is 1. The van der Waals surface area contributed by atoms with Crippen molar-refractivity contribution in [2.45, 2.75) is 45.6 Å². The topological polar surface area (TPSA) is 67.0 Å². The smallest absolute Gasteiger partial charge is 0.337 e. The fourth-order valence-electron chi connectivity index (χ4n) is 3.94. The van der Waals surface area contributed by atoms with Crippen LogP contribution in [0.1, 0.15) is 55.9 Å². The molecule has 0 amide bonds. The van der Waals surface area contributed by atoms with Crippen molar-refractivity contribution in [3.63, 3.8) is 0 Å². The van der Waals surface area contributed by atoms with Gasteiger partial charge < -0.3 is 14.6 Å². The Kier molecular flexibility index (Phi) is 3.88. The van der Waals surface area contributed by atoms with Crippen molar-refractivity contribution in [2.24, 2.45) is 0 Å². The average Bonchev–Trinajstić information content (AvgIpc) is 3.21. The van der Waals surface area contributed by atoms with Crippen LogP contribution in [0.3, 0.4) is 0 Å². The van der Waals surface area contributed by atoms with Crippen molar-refractivity contribution in [2.75, 3.05) is 11.9 Å². The zero-order valence-electron chi connectivity index (χ0n) is 16.1. The van der Waals surface area contributed by atoms with Gasteiger partial charge in [-0.3, -0.25) is 0 Å². The van der Waals surface area contributed by atoms with Gasteiger partial charge >= 0.3 is 5.97 Å². The summed E-state index contributed by atoms with van der Waals surface area (Å²) in [7, 11) is 0. The number of hydrogen-bond acceptors (Lipinski definition) is 4. The van der Waals surface area contributed by atoms with Crippen molar-refractivity contribution in [3.05, 3.63) is 64.0 Å². The van der Waals surface area contributed by atoms with E-state index in [0.29, 0.717) is 11.1 Å². The maximum atomic E-state index is 12.5. The van der Waals surface area contributed by atoms with Gasteiger partial charge in [0.1, 0.15) is 18.5 Å². The molecule has 0 saturated heterocycles. The van der Waals surface area contributed by atoms with Gasteiger partial charge in [0.25, 0.3) is 0 Å². The van der Waals surface area contributed by atoms with E-state index in [-0.39, 0.29) is 24.0 Å². The number of esters is 1. The fourth-order valence-corrected chi connectivity index (χ4v) is 3.94. The van der Waals surface area contributed by atoms with Crippen LogP contribution in [0.5, 0.6) is 0 Å². The van der Waals surface area contributed by atoms with Gasteiger partial charge in [-0.2, -0.15) is 5.26 Å². The predicted octanol–water partition coefficient (Wildman–Crippen LogP) is 4.05. The summed E-state index contributed by atoms with van der Waals surface area (Å²) < 4.78 is 7.41. The summed E-state index contributed by atoms with van der Waals surface area (Å²) in [6.07, 6.45) is 2.84. The number of hydrogen-bond donors (Lipinski definition) is 1. The highest BCUT2D eigenvalue weighted by molar-refractivity contribution is 5.97. The van der Waals surface area contributed by atoms with E-state index in [0.717, 1.165) is 29.1 Å². The SMILES string of the molecule is CCc1ccc([C@@H]2C3=C(COC3=O)Nc3c2c(C#N)cn3C(C)(C)C)cc1. The van der Waals surface area contributed by atoms with Gasteiger partial charge in [-0.05, 0) is 38.3 Å². The second kappa shape index (κ2) is 6.02. The summed E-state index contributed by atoms with van der Waals surface area (Å²) in [5.41, 5.74) is 4.90. The third kappa shape index (κ3) is 2.64. The number of carbonyl (C=O) groups is 1. The number of nitrogens with zero attached hydrogens (tertiary/aromatic N) is 2. The molecule has 0 saturated carbocycles. The molecule has 5 heteroatoms. The van der Waals surface area contributed by atoms with Gasteiger partial charge in [0.05, 0.1) is 16.8 Å². The highest BCUT2D eigenvalue weighted by Crippen LogP contribution is 2.47. The van der Waals surface area contributed by atoms with Crippen LogP contribution >= 0.6 is 0 Å². The van der Waals surface area contributed by atoms with Crippen molar-refractivity contribution in [1.82, 2.24) is 4.57 Å². The van der Waals surface area contributed by atoms with Gasteiger partial charge in [-0.15, -0.1) is 0 Å². The summed E-state index contributed by atoms with van der Waals surface area (Å²) in [6.45, 7) is 8.66. The molecule has 1 aromatic heterocycles. The van der Waals surface area contributed by atoms with Gasteiger partial charge in [0.2, 0.25) is 0 Å². The lowest BCUT2D eigenvalue weighted by atomic mass is 9.81. The molecule has 0 aliphatic carbocycles. The summed E-state index contributed by atoms with van der Waals surface area (Å²) in [6, 6.07) is 10.6. The van der Waals surface area contributed by atoms with Gasteiger partial charge in [-0.1, -0.05) is 31.2 Å². The van der Waals surface area contributed by atoms with E-state index in [2.05, 4.69) is 67.9 Å². The molecule has 2 aliphatic rings. The van der Waals surface area contributed by atoms with E-state index in [4.69, 9.17) is 4.74 Å². The number of nitriles is 1. The van der Waals surface area contributed by atoms with Gasteiger partial charge in [0, 0.05) is 23.2 Å². The molecule has 1 N–H and O–H groups in total. The largest absolute Gasteiger partial charge is 0.456 e. The molecule has 1 atom stereocenters. The molecule has 0 fully saturated rings. The maximum absolute atomic E-state index is 12.5. The minimum Gasteiger partial charge on any atom is -0.456 e. The molecule has 5 nitrogen and oxygen atoms in total. The van der Waals surface area contributed by atoms with E-state index in [1.165, 1.54) is 5.56 Å². The fraction of sp³-hybridized carbons (Fsp3) is 0.364. The van der Waals surface area contributed by atoms with Crippen LogP contribution in [0.15, 0.2) is 41.7 Å². The first-order valence-electron chi connectivity index (χ1n) is 9.27. The van der Waals surface area contributed by atoms with Crippen LogP contribution in [0, 0.1) is 11.3 Å². The van der Waals surface area contributed by atoms with Gasteiger partial charge in [-0.25, -0.2) is 4.79 Å². The average molecular weight is 361 g/mol. The second-order valence-corrected chi connectivity index (χ2v) is 8.08. The van der Waals surface area contributed by atoms with E-state index in [1.54, 1.807) is 0 Å². The number of anilines is 1. The molecule has 3 heterocycles. The maximum Gasteiger partial charge on any atom is 0.337 e. The Morgan fingerprint density at radius 2 is 2.00 bits per heavy atom. The van der Waals surface area contributed by atoms with E-state index < -0.39 is 0 Å². The summed E-state index contributed by atoms with van der Waals surface area (Å²) >= 11 is 0. The van der Waals surface area contributed by atoms with Crippen LogP contribution < -0.4 is 5.32 Å². The second-order valence-electron chi connectivity index (χ2n) is 8.08. The number of rotatable bonds is 2. The highest BCUT2D eigenvalue weighted by atomic mass is 16.5. The summed E-state index contributed by atoms with van der Waals surface area (Å²) in [5.74, 6) is 0.274. The number of aryl methyl sites for hydroxylation is 1. The van der Waals surface area contributed by atoms with Crippen molar-refractivity contribution in [3.8, 4) is 6.07 Å². The molecule has 2 aliphatic heterocycles. The Balaban J connectivity index is 1.97. The summed E-state index contributed by atoms with van der Waals surface area (Å²) in [5, 5.41) is 13.2. The summed E-state index contributed by atoms with van der Waals surface area (Å²) in [4.78, 5) is 12.5. The van der Waals surface area contributed by atoms with Crippen molar-refractivity contribution in [1.29, 1.82) is 5.26 Å². The first-order chi connectivity index (χ1) is 12.8. The van der Waals surface area contributed by atoms with E-state index >= 15 is 0 Å². The number of ether oxygens (including phenoxy) is 1. The van der Waals surface area contributed by atoms with E-state index in [1.807, 2.05) is 6.20 Å². The lowest BCUT2D eigenvalue weighted by Gasteiger charge is -2.30. The first-order valence-corrected chi connectivity index (χ1v) is 9.27. The molecule has 4 rings (SSSR count). The molecule has 0 bridgehead atoms.